The summed E-state index contributed by atoms with van der Waals surface area (Å²) in [5.41, 5.74) is 2.83. The van der Waals surface area contributed by atoms with E-state index >= 15 is 0 Å². The topological polar surface area (TPSA) is 6.48 Å². The van der Waals surface area contributed by atoms with Crippen molar-refractivity contribution in [2.24, 2.45) is 0 Å². The molecule has 0 atom stereocenters. The van der Waals surface area contributed by atoms with Crippen LogP contribution in [0.3, 0.4) is 0 Å². The minimum atomic E-state index is -0.660. The molecule has 0 N–H and O–H groups in total. The molecule has 4 heterocycles. The first-order chi connectivity index (χ1) is 31.8. The minimum Gasteiger partial charge on any atom is -0.310 e. The van der Waals surface area contributed by atoms with Gasteiger partial charge in [0.2, 0.25) is 0 Å². The van der Waals surface area contributed by atoms with Gasteiger partial charge in [-0.3, -0.25) is 0 Å². The van der Waals surface area contributed by atoms with Crippen LogP contribution in [0, 0.1) is 0 Å². The van der Waals surface area contributed by atoms with Crippen molar-refractivity contribution < 1.29 is 20.6 Å². The fraction of sp³-hybridized carbons (Fsp3) is 0.167. The van der Waals surface area contributed by atoms with Crippen molar-refractivity contribution in [3.05, 3.63) is 150 Å². The van der Waals surface area contributed by atoms with Gasteiger partial charge in [-0.05, 0) is 99.1 Å². The van der Waals surface area contributed by atoms with Crippen LogP contribution >= 0.6 is 22.7 Å². The smallest absolute Gasteiger partial charge is 0.277 e. The molecule has 0 saturated heterocycles. The summed E-state index contributed by atoms with van der Waals surface area (Å²) >= 11 is 2.97. The van der Waals surface area contributed by atoms with Crippen molar-refractivity contribution in [1.29, 1.82) is 0 Å². The van der Waals surface area contributed by atoms with Crippen LogP contribution in [-0.2, 0) is 10.8 Å². The zero-order valence-electron chi connectivity index (χ0n) is 44.9. The maximum atomic E-state index is 9.49. The first kappa shape index (κ1) is 20.4. The lowest BCUT2D eigenvalue weighted by Crippen LogP contribution is -2.59. The Morgan fingerprint density at radius 1 is 0.509 bits per heavy atom. The van der Waals surface area contributed by atoms with Crippen molar-refractivity contribution in [1.82, 2.24) is 0 Å². The number of hydrogen-bond acceptors (Lipinski definition) is 4. The minimum absolute atomic E-state index is 0.0842. The molecule has 53 heavy (non-hydrogen) atoms. The molecule has 258 valence electrons. The SMILES string of the molecule is [2H]c1c([2H])c([2H])c(-c2cc3c4c(c2)N(c2c([2H])c([2H])c([2H])c([2H])c2[2H])c2c(sc5ccc(C(C)(C)C)cc25)B4c2sc4ccc(C(C)(C)C)cc4c2N3c2c([2H])c([2H])c([2H])c([2H])c2[2H])c([2H])c1[2H]. The van der Waals surface area contributed by atoms with E-state index in [4.69, 9.17) is 12.3 Å². The third-order valence-corrected chi connectivity index (χ3v) is 12.6. The Morgan fingerprint density at radius 3 is 1.34 bits per heavy atom. The average molecular weight is 736 g/mol. The number of nitrogens with zero attached hydrogens (tertiary/aromatic N) is 2. The lowest BCUT2D eigenvalue weighted by molar-refractivity contribution is 0.591. The van der Waals surface area contributed by atoms with E-state index in [0.29, 0.717) is 16.8 Å². The molecule has 0 aliphatic carbocycles. The molecule has 2 aromatic heterocycles. The molecule has 6 aromatic carbocycles. The van der Waals surface area contributed by atoms with Crippen LogP contribution in [0.1, 0.15) is 73.2 Å². The second kappa shape index (κ2) is 11.7. The van der Waals surface area contributed by atoms with Gasteiger partial charge in [0.15, 0.2) is 0 Å². The van der Waals surface area contributed by atoms with Crippen LogP contribution in [-0.4, -0.2) is 6.71 Å². The Kier molecular flexibility index (Phi) is 4.50. The van der Waals surface area contributed by atoms with Gasteiger partial charge in [-0.2, -0.15) is 0 Å². The van der Waals surface area contributed by atoms with Gasteiger partial charge in [0.1, 0.15) is 0 Å². The third-order valence-electron chi connectivity index (χ3n) is 10.2. The van der Waals surface area contributed by atoms with E-state index in [2.05, 4.69) is 53.7 Å². The van der Waals surface area contributed by atoms with Crippen LogP contribution < -0.4 is 24.8 Å². The molecule has 2 aliphatic rings. The van der Waals surface area contributed by atoms with E-state index in [1.54, 1.807) is 21.9 Å². The lowest BCUT2D eigenvalue weighted by atomic mass is 9.39. The second-order valence-corrected chi connectivity index (χ2v) is 17.7. The van der Waals surface area contributed by atoms with E-state index in [9.17, 15) is 8.22 Å². The fourth-order valence-electron chi connectivity index (χ4n) is 7.62. The molecule has 8 aromatic rings. The molecule has 0 amide bonds. The number of hydrogen-bond donors (Lipinski definition) is 0. The third kappa shape index (κ3) is 5.05. The predicted octanol–water partition coefficient (Wildman–Crippen LogP) is 12.5. The van der Waals surface area contributed by atoms with Crippen molar-refractivity contribution in [3.8, 4) is 11.1 Å². The van der Waals surface area contributed by atoms with E-state index in [1.807, 2.05) is 24.3 Å². The van der Waals surface area contributed by atoms with Gasteiger partial charge in [-0.25, -0.2) is 0 Å². The van der Waals surface area contributed by atoms with E-state index in [-0.39, 0.29) is 44.7 Å². The maximum absolute atomic E-state index is 9.49. The number of anilines is 6. The lowest BCUT2D eigenvalue weighted by Gasteiger charge is -2.42. The van der Waals surface area contributed by atoms with Crippen molar-refractivity contribution in [2.75, 3.05) is 9.80 Å². The number of benzene rings is 6. The Bertz CT molecular complexity index is 3310. The second-order valence-electron chi connectivity index (χ2n) is 15.5. The highest BCUT2D eigenvalue weighted by molar-refractivity contribution is 7.40. The van der Waals surface area contributed by atoms with Crippen LogP contribution in [0.25, 0.3) is 31.3 Å². The molecule has 0 unspecified atom stereocenters. The average Bonchev–Trinajstić information content (AvgIpc) is 3.86. The maximum Gasteiger partial charge on any atom is 0.277 e. The van der Waals surface area contributed by atoms with E-state index < -0.39 is 97.3 Å². The standard InChI is InChI=1S/C48H41BN2S2/c1-47(2,3)32-22-24-40-36(28-32)43-45(52-40)49-42-38(50(43)34-18-12-8-13-19-34)26-31(30-16-10-7-11-17-30)27-39(42)51(35-20-14-9-15-21-35)44-37-29-33(48(4,5)6)23-25-41(37)53-46(44)49/h7-29H,1-6H3/i7D,8D,9D,10D,11D,12D,13D,14D,15D,16D,17D,18D,19D,20D,21D. The first-order valence-corrected chi connectivity index (χ1v) is 19.0. The normalized spacial score (nSPS) is 17.7. The van der Waals surface area contributed by atoms with Gasteiger partial charge in [-0.15, -0.1) is 22.7 Å². The van der Waals surface area contributed by atoms with Crippen LogP contribution in [0.2, 0.25) is 0 Å². The number of thiophene rings is 2. The molecular weight excluding hydrogens is 679 g/mol. The Labute approximate surface area is 342 Å². The molecular formula is C48H41BN2S2. The first-order valence-electron chi connectivity index (χ1n) is 24.9. The molecule has 0 radical (unpaired) electrons. The van der Waals surface area contributed by atoms with Gasteiger partial charge in [-0.1, -0.05) is 120 Å². The fourth-order valence-corrected chi connectivity index (χ4v) is 10.3. The van der Waals surface area contributed by atoms with Crippen LogP contribution in [0.15, 0.2) is 139 Å². The zero-order valence-corrected chi connectivity index (χ0v) is 31.5. The van der Waals surface area contributed by atoms with Gasteiger partial charge in [0, 0.05) is 52.5 Å². The molecule has 10 rings (SSSR count). The predicted molar refractivity (Wildman–Crippen MR) is 234 cm³/mol. The highest BCUT2D eigenvalue weighted by atomic mass is 32.1. The van der Waals surface area contributed by atoms with Crippen LogP contribution in [0.4, 0.5) is 34.1 Å². The number of para-hydroxylation sites is 2. The summed E-state index contributed by atoms with van der Waals surface area (Å²) in [6, 6.07) is 7.05. The Balaban J connectivity index is 1.49. The van der Waals surface area contributed by atoms with E-state index in [1.165, 1.54) is 22.7 Å². The Morgan fingerprint density at radius 2 is 0.925 bits per heavy atom. The summed E-state index contributed by atoms with van der Waals surface area (Å²) in [5.74, 6) is 0. The summed E-state index contributed by atoms with van der Waals surface area (Å²) in [4.78, 5) is 3.26. The van der Waals surface area contributed by atoms with Gasteiger partial charge >= 0.3 is 0 Å². The van der Waals surface area contributed by atoms with Crippen molar-refractivity contribution >= 4 is 98.7 Å². The Hall–Kier alpha value is -5.10. The molecule has 0 saturated carbocycles. The van der Waals surface area contributed by atoms with Gasteiger partial charge in [0.05, 0.1) is 31.9 Å². The number of rotatable bonds is 3. The summed E-state index contributed by atoms with van der Waals surface area (Å²) in [7, 11) is 0. The summed E-state index contributed by atoms with van der Waals surface area (Å²) in [5, 5.41) is 1.46. The highest BCUT2D eigenvalue weighted by Crippen LogP contribution is 2.52. The molecule has 0 fully saturated rings. The quantitative estimate of drug-likeness (QED) is 0.167. The van der Waals surface area contributed by atoms with Crippen molar-refractivity contribution in [2.45, 2.75) is 52.4 Å². The highest BCUT2D eigenvalue weighted by Gasteiger charge is 2.47. The molecule has 5 heteroatoms. The van der Waals surface area contributed by atoms with E-state index in [0.717, 1.165) is 40.9 Å². The monoisotopic (exact) mass is 735 g/mol. The summed E-state index contributed by atoms with van der Waals surface area (Å²) in [6.07, 6.45) is 0. The summed E-state index contributed by atoms with van der Waals surface area (Å²) < 4.78 is 138. The molecule has 2 nitrogen and oxygen atoms in total. The van der Waals surface area contributed by atoms with Gasteiger partial charge < -0.3 is 9.80 Å². The van der Waals surface area contributed by atoms with Gasteiger partial charge in [0.25, 0.3) is 6.71 Å². The zero-order chi connectivity index (χ0) is 49.3. The molecule has 0 spiro atoms. The van der Waals surface area contributed by atoms with Crippen molar-refractivity contribution in [3.63, 3.8) is 0 Å². The molecule has 2 aliphatic heterocycles. The summed E-state index contributed by atoms with van der Waals surface area (Å²) in [6.45, 7) is 11.8. The van der Waals surface area contributed by atoms with Crippen LogP contribution in [0.5, 0.6) is 0 Å². The molecule has 0 bridgehead atoms. The number of fused-ring (bicyclic) bond motifs is 8. The largest absolute Gasteiger partial charge is 0.310 e.